The molecule has 0 amide bonds. The third kappa shape index (κ3) is 2.83. The Bertz CT molecular complexity index is 569. The van der Waals surface area contributed by atoms with Gasteiger partial charge in [-0.15, -0.1) is 12.3 Å². The van der Waals surface area contributed by atoms with Crippen LogP contribution in [-0.2, 0) is 17.1 Å². The average molecular weight is 270 g/mol. The van der Waals surface area contributed by atoms with Gasteiger partial charge in [-0.2, -0.15) is 5.10 Å². The van der Waals surface area contributed by atoms with Crippen molar-refractivity contribution in [2.24, 2.45) is 7.05 Å². The van der Waals surface area contributed by atoms with Crippen LogP contribution >= 0.6 is 0 Å². The van der Waals surface area contributed by atoms with Gasteiger partial charge in [-0.05, 0) is 13.3 Å². The van der Waals surface area contributed by atoms with Crippen molar-refractivity contribution < 1.29 is 8.42 Å². The van der Waals surface area contributed by atoms with E-state index in [2.05, 4.69) is 15.7 Å². The van der Waals surface area contributed by atoms with Crippen molar-refractivity contribution in [3.63, 3.8) is 0 Å². The molecular formula is C11H18N4O2S. The molecule has 0 aliphatic carbocycles. The molecular weight excluding hydrogens is 252 g/mol. The van der Waals surface area contributed by atoms with E-state index < -0.39 is 10.0 Å². The van der Waals surface area contributed by atoms with Gasteiger partial charge in [0.05, 0.1) is 5.69 Å². The van der Waals surface area contributed by atoms with Gasteiger partial charge in [0.2, 0.25) is 10.0 Å². The number of aryl methyl sites for hydroxylation is 1. The molecule has 7 heteroatoms. The first-order valence-electron chi connectivity index (χ1n) is 5.58. The van der Waals surface area contributed by atoms with Gasteiger partial charge in [0, 0.05) is 19.5 Å². The maximum atomic E-state index is 12.2. The van der Waals surface area contributed by atoms with Crippen LogP contribution in [0.3, 0.4) is 0 Å². The number of nitrogens with two attached hydrogens (primary N) is 1. The number of hydrogen-bond donors (Lipinski definition) is 2. The van der Waals surface area contributed by atoms with E-state index in [1.807, 2.05) is 6.92 Å². The molecule has 1 aromatic rings. The number of terminal acetylenes is 1. The number of nitrogen functional groups attached to an aromatic ring is 1. The zero-order valence-corrected chi connectivity index (χ0v) is 11.6. The summed E-state index contributed by atoms with van der Waals surface area (Å²) >= 11 is 0. The molecule has 0 bridgehead atoms. The molecule has 1 rings (SSSR count). The number of nitrogens with zero attached hydrogens (tertiary/aromatic N) is 2. The summed E-state index contributed by atoms with van der Waals surface area (Å²) < 4.78 is 28.4. The minimum absolute atomic E-state index is 0.00180. The molecule has 0 saturated carbocycles. The maximum Gasteiger partial charge on any atom is 0.246 e. The van der Waals surface area contributed by atoms with Gasteiger partial charge in [-0.1, -0.05) is 6.92 Å². The van der Waals surface area contributed by atoms with E-state index in [9.17, 15) is 8.42 Å². The molecule has 0 saturated heterocycles. The Morgan fingerprint density at radius 2 is 2.22 bits per heavy atom. The molecule has 6 nitrogen and oxygen atoms in total. The van der Waals surface area contributed by atoms with Crippen molar-refractivity contribution >= 4 is 15.8 Å². The number of nitrogens with one attached hydrogen (secondary N) is 1. The summed E-state index contributed by atoms with van der Waals surface area (Å²) in [7, 11) is -2.05. The second kappa shape index (κ2) is 5.42. The summed E-state index contributed by atoms with van der Waals surface area (Å²) in [4.78, 5) is 0.0282. The van der Waals surface area contributed by atoms with E-state index in [0.29, 0.717) is 18.5 Å². The Hall–Kier alpha value is -1.52. The highest BCUT2D eigenvalue weighted by Gasteiger charge is 2.26. The molecule has 0 aliphatic rings. The van der Waals surface area contributed by atoms with Gasteiger partial charge in [0.25, 0.3) is 0 Å². The van der Waals surface area contributed by atoms with Crippen LogP contribution in [0, 0.1) is 19.3 Å². The molecule has 1 aromatic heterocycles. The zero-order valence-electron chi connectivity index (χ0n) is 10.8. The number of rotatable bonds is 5. The fourth-order valence-corrected chi connectivity index (χ4v) is 3.28. The van der Waals surface area contributed by atoms with Crippen molar-refractivity contribution in [3.05, 3.63) is 5.69 Å². The molecule has 0 aliphatic heterocycles. The molecule has 100 valence electrons. The van der Waals surface area contributed by atoms with Crippen molar-refractivity contribution in [2.45, 2.75) is 37.6 Å². The second-order valence-electron chi connectivity index (χ2n) is 4.06. The van der Waals surface area contributed by atoms with Crippen LogP contribution in [0.5, 0.6) is 0 Å². The highest BCUT2D eigenvalue weighted by Crippen LogP contribution is 2.21. The molecule has 0 fully saturated rings. The molecule has 1 atom stereocenters. The summed E-state index contributed by atoms with van der Waals surface area (Å²) in [5.74, 6) is 2.45. The Morgan fingerprint density at radius 3 is 2.61 bits per heavy atom. The lowest BCUT2D eigenvalue weighted by molar-refractivity contribution is 0.543. The molecule has 0 spiro atoms. The first-order valence-corrected chi connectivity index (χ1v) is 7.06. The normalized spacial score (nSPS) is 13.2. The first kappa shape index (κ1) is 14.5. The quantitative estimate of drug-likeness (QED) is 0.757. The van der Waals surface area contributed by atoms with Crippen LogP contribution in [-0.4, -0.2) is 24.2 Å². The monoisotopic (exact) mass is 270 g/mol. The number of hydrogen-bond acceptors (Lipinski definition) is 4. The van der Waals surface area contributed by atoms with Crippen LogP contribution in [0.2, 0.25) is 0 Å². The topological polar surface area (TPSA) is 90.0 Å². The third-order valence-electron chi connectivity index (χ3n) is 2.75. The smallest absolute Gasteiger partial charge is 0.246 e. The van der Waals surface area contributed by atoms with Crippen LogP contribution in [0.25, 0.3) is 0 Å². The fourth-order valence-electron chi connectivity index (χ4n) is 1.64. The van der Waals surface area contributed by atoms with E-state index >= 15 is 0 Å². The fraction of sp³-hybridized carbons (Fsp3) is 0.545. The van der Waals surface area contributed by atoms with Crippen molar-refractivity contribution in [1.29, 1.82) is 0 Å². The molecule has 0 aromatic carbocycles. The maximum absolute atomic E-state index is 12.2. The van der Waals surface area contributed by atoms with Gasteiger partial charge in [0.1, 0.15) is 4.90 Å². The van der Waals surface area contributed by atoms with E-state index in [1.54, 1.807) is 14.0 Å². The number of aromatic nitrogens is 2. The molecule has 1 heterocycles. The zero-order chi connectivity index (χ0) is 13.9. The van der Waals surface area contributed by atoms with E-state index in [4.69, 9.17) is 12.2 Å². The highest BCUT2D eigenvalue weighted by molar-refractivity contribution is 7.89. The van der Waals surface area contributed by atoms with E-state index in [-0.39, 0.29) is 16.8 Å². The lowest BCUT2D eigenvalue weighted by Crippen LogP contribution is -2.34. The molecule has 0 radical (unpaired) electrons. The Balaban J connectivity index is 3.11. The van der Waals surface area contributed by atoms with E-state index in [0.717, 1.165) is 0 Å². The minimum Gasteiger partial charge on any atom is -0.381 e. The summed E-state index contributed by atoms with van der Waals surface area (Å²) in [6.45, 7) is 3.52. The SMILES string of the molecule is C#CCC(CC)NS(=O)(=O)c1c(N)nn(C)c1C. The summed E-state index contributed by atoms with van der Waals surface area (Å²) in [5, 5.41) is 3.89. The summed E-state index contributed by atoms with van der Waals surface area (Å²) in [6, 6.07) is -0.293. The largest absolute Gasteiger partial charge is 0.381 e. The van der Waals surface area contributed by atoms with Gasteiger partial charge < -0.3 is 5.73 Å². The van der Waals surface area contributed by atoms with Crippen LogP contribution in [0.4, 0.5) is 5.82 Å². The molecule has 18 heavy (non-hydrogen) atoms. The highest BCUT2D eigenvalue weighted by atomic mass is 32.2. The number of anilines is 1. The molecule has 3 N–H and O–H groups in total. The Labute approximate surface area is 108 Å². The lowest BCUT2D eigenvalue weighted by Gasteiger charge is -2.14. The van der Waals surface area contributed by atoms with Crippen molar-refractivity contribution in [2.75, 3.05) is 5.73 Å². The van der Waals surface area contributed by atoms with Gasteiger partial charge >= 0.3 is 0 Å². The van der Waals surface area contributed by atoms with Crippen LogP contribution in [0.1, 0.15) is 25.5 Å². The summed E-state index contributed by atoms with van der Waals surface area (Å²) in [6.07, 6.45) is 6.16. The Kier molecular flexibility index (Phi) is 4.38. The second-order valence-corrected chi connectivity index (χ2v) is 5.71. The summed E-state index contributed by atoms with van der Waals surface area (Å²) in [5.41, 5.74) is 6.12. The lowest BCUT2D eigenvalue weighted by atomic mass is 10.2. The van der Waals surface area contributed by atoms with Crippen LogP contribution in [0.15, 0.2) is 4.90 Å². The van der Waals surface area contributed by atoms with E-state index in [1.165, 1.54) is 4.68 Å². The standard InChI is InChI=1S/C11H18N4O2S/c1-5-7-9(6-2)14-18(16,17)10-8(3)15(4)13-11(10)12/h1,9,14H,6-7H2,2-4H3,(H2,12,13). The van der Waals surface area contributed by atoms with Gasteiger partial charge in [0.15, 0.2) is 5.82 Å². The number of sulfonamides is 1. The third-order valence-corrected chi connectivity index (χ3v) is 4.44. The van der Waals surface area contributed by atoms with Gasteiger partial charge in [-0.3, -0.25) is 4.68 Å². The van der Waals surface area contributed by atoms with Gasteiger partial charge in [-0.25, -0.2) is 13.1 Å². The Morgan fingerprint density at radius 1 is 1.61 bits per heavy atom. The minimum atomic E-state index is -3.69. The average Bonchev–Trinajstić information content (AvgIpc) is 2.52. The van der Waals surface area contributed by atoms with Crippen LogP contribution < -0.4 is 10.5 Å². The predicted octanol–water partition coefficient (Wildman–Crippen LogP) is 0.391. The predicted molar refractivity (Wildman–Crippen MR) is 70.2 cm³/mol. The first-order chi connectivity index (χ1) is 8.33. The molecule has 1 unspecified atom stereocenters. The van der Waals surface area contributed by atoms with Crippen molar-refractivity contribution in [1.82, 2.24) is 14.5 Å². The van der Waals surface area contributed by atoms with Crippen molar-refractivity contribution in [3.8, 4) is 12.3 Å².